The minimum Gasteiger partial charge on any atom is -0.292 e. The molecular formula is C24H20N4O8. The number of nitrogens with zero attached hydrogens (tertiary/aromatic N) is 4. The molecule has 184 valence electrons. The van der Waals surface area contributed by atoms with Crippen molar-refractivity contribution in [1.82, 2.24) is 10.0 Å². The molecule has 1 fully saturated rings. The molecule has 3 amide bonds. The number of carbonyl (C=O) groups excluding carboxylic acids is 4. The maximum Gasteiger partial charge on any atom is 0.273 e. The highest BCUT2D eigenvalue weighted by molar-refractivity contribution is 6.10. The van der Waals surface area contributed by atoms with Gasteiger partial charge in [0.2, 0.25) is 0 Å². The fourth-order valence-corrected chi connectivity index (χ4v) is 4.41. The van der Waals surface area contributed by atoms with E-state index >= 15 is 0 Å². The fourth-order valence-electron chi connectivity index (χ4n) is 4.41. The Kier molecular flexibility index (Phi) is 6.43. The lowest BCUT2D eigenvalue weighted by molar-refractivity contribution is -0.385. The third kappa shape index (κ3) is 4.48. The predicted octanol–water partition coefficient (Wildman–Crippen LogP) is 3.08. The highest BCUT2D eigenvalue weighted by Gasteiger charge is 2.51. The first-order valence-corrected chi connectivity index (χ1v) is 11.0. The molecule has 0 spiro atoms. The number of allylic oxidation sites excluding steroid dienone is 2. The Balaban J connectivity index is 1.73. The first-order valence-electron chi connectivity index (χ1n) is 11.0. The number of nitro benzene ring substituents is 2. The maximum atomic E-state index is 13.5. The van der Waals surface area contributed by atoms with E-state index in [1.165, 1.54) is 36.4 Å². The van der Waals surface area contributed by atoms with Crippen LogP contribution in [-0.4, -0.2) is 49.9 Å². The summed E-state index contributed by atoms with van der Waals surface area (Å²) in [5.41, 5.74) is -0.129. The highest BCUT2D eigenvalue weighted by Crippen LogP contribution is 2.38. The number of hydrogen-bond acceptors (Lipinski definition) is 8. The lowest BCUT2D eigenvalue weighted by atomic mass is 9.82. The van der Waals surface area contributed by atoms with Gasteiger partial charge in [-0.05, 0) is 25.8 Å². The van der Waals surface area contributed by atoms with E-state index in [0.29, 0.717) is 22.9 Å². The van der Waals surface area contributed by atoms with Gasteiger partial charge >= 0.3 is 0 Å². The van der Waals surface area contributed by atoms with Gasteiger partial charge in [-0.15, -0.1) is 0 Å². The molecular weight excluding hydrogens is 472 g/mol. The number of carbonyl (C=O) groups is 4. The molecule has 12 heteroatoms. The molecule has 12 nitrogen and oxygen atoms in total. The summed E-state index contributed by atoms with van der Waals surface area (Å²) in [6, 6.07) is 9.52. The fraction of sp³-hybridized carbons (Fsp3) is 0.250. The standard InChI is InChI=1S/C24H20N4O8/c1-14-8-9-19-20(10-14)24(32)26(23(19)31)25(22(30)16-5-3-7-18(12-16)28(35)36)13-21(29)15-4-2-6-17(11-15)27(33)34/h2-8,11-12,19-20H,9-10,13H2,1H3/t19-,20+/m0/s1. The van der Waals surface area contributed by atoms with Crippen molar-refractivity contribution < 1.29 is 29.0 Å². The second-order valence-corrected chi connectivity index (χ2v) is 8.59. The summed E-state index contributed by atoms with van der Waals surface area (Å²) in [6.45, 7) is 1.04. The summed E-state index contributed by atoms with van der Waals surface area (Å²) < 4.78 is 0. The molecule has 1 aliphatic heterocycles. The summed E-state index contributed by atoms with van der Waals surface area (Å²) in [7, 11) is 0. The average molecular weight is 492 g/mol. The molecule has 0 saturated carbocycles. The number of imide groups is 1. The van der Waals surface area contributed by atoms with Crippen LogP contribution in [0.4, 0.5) is 11.4 Å². The van der Waals surface area contributed by atoms with Crippen molar-refractivity contribution in [2.24, 2.45) is 11.8 Å². The number of benzene rings is 2. The van der Waals surface area contributed by atoms with Crippen LogP contribution in [0.3, 0.4) is 0 Å². The van der Waals surface area contributed by atoms with E-state index in [1.54, 1.807) is 0 Å². The Labute approximate surface area is 204 Å². The smallest absolute Gasteiger partial charge is 0.273 e. The Morgan fingerprint density at radius 2 is 1.50 bits per heavy atom. The minimum absolute atomic E-state index is 0.102. The van der Waals surface area contributed by atoms with Crippen LogP contribution in [0.25, 0.3) is 0 Å². The van der Waals surface area contributed by atoms with Gasteiger partial charge in [-0.25, -0.2) is 5.01 Å². The van der Waals surface area contributed by atoms with Crippen molar-refractivity contribution in [3.8, 4) is 0 Å². The van der Waals surface area contributed by atoms with Gasteiger partial charge in [-0.1, -0.05) is 29.8 Å². The summed E-state index contributed by atoms with van der Waals surface area (Å²) in [5, 5.41) is 23.7. The number of amides is 3. The third-order valence-electron chi connectivity index (χ3n) is 6.25. The van der Waals surface area contributed by atoms with Crippen LogP contribution in [0.1, 0.15) is 40.5 Å². The lowest BCUT2D eigenvalue weighted by Crippen LogP contribution is -2.52. The summed E-state index contributed by atoms with van der Waals surface area (Å²) in [5.74, 6) is -4.43. The zero-order chi connectivity index (χ0) is 26.1. The van der Waals surface area contributed by atoms with Gasteiger partial charge in [0.1, 0.15) is 6.54 Å². The number of non-ortho nitro benzene ring substituents is 2. The number of hydrogen-bond donors (Lipinski definition) is 0. The van der Waals surface area contributed by atoms with E-state index < -0.39 is 57.4 Å². The Hall–Kier alpha value is -4.74. The van der Waals surface area contributed by atoms with Crippen LogP contribution in [0.5, 0.6) is 0 Å². The van der Waals surface area contributed by atoms with E-state index in [1.807, 2.05) is 13.0 Å². The molecule has 2 atom stereocenters. The van der Waals surface area contributed by atoms with E-state index in [9.17, 15) is 39.4 Å². The van der Waals surface area contributed by atoms with Gasteiger partial charge in [0, 0.05) is 35.4 Å². The first-order chi connectivity index (χ1) is 17.1. The first kappa shape index (κ1) is 24.4. The molecule has 2 aliphatic rings. The van der Waals surface area contributed by atoms with Crippen LogP contribution in [0.2, 0.25) is 0 Å². The molecule has 1 aliphatic carbocycles. The second-order valence-electron chi connectivity index (χ2n) is 8.59. The van der Waals surface area contributed by atoms with E-state index in [2.05, 4.69) is 0 Å². The van der Waals surface area contributed by atoms with Crippen LogP contribution >= 0.6 is 0 Å². The Bertz CT molecular complexity index is 1350. The summed E-state index contributed by atoms with van der Waals surface area (Å²) >= 11 is 0. The molecule has 0 unspecified atom stereocenters. The minimum atomic E-state index is -0.970. The molecule has 0 N–H and O–H groups in total. The summed E-state index contributed by atoms with van der Waals surface area (Å²) in [4.78, 5) is 74.0. The number of nitro groups is 2. The van der Waals surface area contributed by atoms with Crippen molar-refractivity contribution in [3.63, 3.8) is 0 Å². The van der Waals surface area contributed by atoms with Gasteiger partial charge in [0.25, 0.3) is 29.1 Å². The van der Waals surface area contributed by atoms with Gasteiger partial charge in [0.05, 0.1) is 21.7 Å². The van der Waals surface area contributed by atoms with Crippen LogP contribution in [0, 0.1) is 32.1 Å². The maximum absolute atomic E-state index is 13.5. The zero-order valence-corrected chi connectivity index (χ0v) is 19.0. The largest absolute Gasteiger partial charge is 0.292 e. The Morgan fingerprint density at radius 1 is 0.944 bits per heavy atom. The zero-order valence-electron chi connectivity index (χ0n) is 19.0. The van der Waals surface area contributed by atoms with Gasteiger partial charge in [0.15, 0.2) is 5.78 Å². The summed E-state index contributed by atoms with van der Waals surface area (Å²) in [6.07, 6.45) is 2.47. The van der Waals surface area contributed by atoms with Gasteiger partial charge < -0.3 is 0 Å². The quantitative estimate of drug-likeness (QED) is 0.187. The lowest BCUT2D eigenvalue weighted by Gasteiger charge is -2.30. The number of hydrazine groups is 1. The topological polar surface area (TPSA) is 161 Å². The second kappa shape index (κ2) is 9.49. The predicted molar refractivity (Wildman–Crippen MR) is 123 cm³/mol. The molecule has 1 heterocycles. The van der Waals surface area contributed by atoms with Gasteiger partial charge in [-0.3, -0.25) is 39.4 Å². The molecule has 0 radical (unpaired) electrons. The van der Waals surface area contributed by atoms with E-state index in [-0.39, 0.29) is 16.8 Å². The molecule has 36 heavy (non-hydrogen) atoms. The monoisotopic (exact) mass is 492 g/mol. The van der Waals surface area contributed by atoms with E-state index in [4.69, 9.17) is 0 Å². The molecule has 2 aromatic carbocycles. The number of Topliss-reactive ketones (excluding diaryl/α,β-unsaturated/α-hetero) is 1. The van der Waals surface area contributed by atoms with Crippen molar-refractivity contribution in [2.45, 2.75) is 19.8 Å². The van der Waals surface area contributed by atoms with Crippen LogP contribution < -0.4 is 0 Å². The van der Waals surface area contributed by atoms with Crippen molar-refractivity contribution in [3.05, 3.63) is 91.5 Å². The molecule has 0 aromatic heterocycles. The molecule has 2 aromatic rings. The van der Waals surface area contributed by atoms with Crippen molar-refractivity contribution in [2.75, 3.05) is 6.54 Å². The van der Waals surface area contributed by atoms with Crippen LogP contribution in [-0.2, 0) is 9.59 Å². The number of fused-ring (bicyclic) bond motifs is 1. The SMILES string of the molecule is CC1=CC[C@@H]2C(=O)N(N(CC(=O)c3cccc([N+](=O)[O-])c3)C(=O)c3cccc([N+](=O)[O-])c3)C(=O)[C@@H]2C1. The normalized spacial score (nSPS) is 18.9. The average Bonchev–Trinajstić information content (AvgIpc) is 3.11. The van der Waals surface area contributed by atoms with Gasteiger partial charge in [-0.2, -0.15) is 5.01 Å². The number of ketones is 1. The molecule has 0 bridgehead atoms. The number of rotatable bonds is 7. The molecule has 4 rings (SSSR count). The highest BCUT2D eigenvalue weighted by atomic mass is 16.6. The molecule has 1 saturated heterocycles. The Morgan fingerprint density at radius 3 is 2.11 bits per heavy atom. The van der Waals surface area contributed by atoms with Crippen molar-refractivity contribution in [1.29, 1.82) is 0 Å². The van der Waals surface area contributed by atoms with E-state index in [0.717, 1.165) is 17.7 Å². The van der Waals surface area contributed by atoms with Crippen molar-refractivity contribution >= 4 is 34.9 Å². The third-order valence-corrected chi connectivity index (χ3v) is 6.25. The van der Waals surface area contributed by atoms with Crippen LogP contribution in [0.15, 0.2) is 60.2 Å².